The quantitative estimate of drug-likeness (QED) is 0.722. The first-order chi connectivity index (χ1) is 6.79. The maximum atomic E-state index is 4.40. The molecule has 0 aromatic carbocycles. The van der Waals surface area contributed by atoms with E-state index in [0.29, 0.717) is 6.04 Å². The summed E-state index contributed by atoms with van der Waals surface area (Å²) in [4.78, 5) is 10.1. The molecule has 1 aromatic heterocycles. The number of rotatable bonds is 2. The molecule has 2 N–H and O–H groups in total. The van der Waals surface area contributed by atoms with E-state index in [1.807, 2.05) is 6.20 Å². The van der Waals surface area contributed by atoms with Crippen molar-refractivity contribution in [2.75, 3.05) is 26.7 Å². The first-order valence-corrected chi connectivity index (χ1v) is 5.25. The van der Waals surface area contributed by atoms with E-state index in [4.69, 9.17) is 0 Å². The molecule has 4 nitrogen and oxygen atoms in total. The molecule has 0 spiro atoms. The van der Waals surface area contributed by atoms with Crippen LogP contribution in [-0.2, 0) is 6.42 Å². The maximum Gasteiger partial charge on any atom is 0.124 e. The van der Waals surface area contributed by atoms with Crippen molar-refractivity contribution in [3.8, 4) is 0 Å². The van der Waals surface area contributed by atoms with E-state index in [2.05, 4.69) is 34.2 Å². The van der Waals surface area contributed by atoms with Gasteiger partial charge in [-0.05, 0) is 13.5 Å². The molecule has 0 radical (unpaired) electrons. The van der Waals surface area contributed by atoms with Gasteiger partial charge in [-0.1, -0.05) is 6.92 Å². The third kappa shape index (κ3) is 1.96. The van der Waals surface area contributed by atoms with Gasteiger partial charge in [0.05, 0.1) is 6.04 Å². The van der Waals surface area contributed by atoms with E-state index in [1.165, 1.54) is 5.69 Å². The van der Waals surface area contributed by atoms with Crippen molar-refractivity contribution in [2.45, 2.75) is 19.4 Å². The minimum absolute atomic E-state index is 0.369. The summed E-state index contributed by atoms with van der Waals surface area (Å²) in [6.07, 6.45) is 2.96. The molecule has 78 valence electrons. The lowest BCUT2D eigenvalue weighted by Gasteiger charge is -2.29. The summed E-state index contributed by atoms with van der Waals surface area (Å²) < 4.78 is 0. The average molecular weight is 194 g/mol. The number of likely N-dealkylation sites (N-methyl/N-ethyl adjacent to an activating group) is 1. The van der Waals surface area contributed by atoms with Crippen molar-refractivity contribution in [1.82, 2.24) is 20.2 Å². The lowest BCUT2D eigenvalue weighted by Crippen LogP contribution is -2.44. The molecular weight excluding hydrogens is 176 g/mol. The number of aryl methyl sites for hydroxylation is 1. The Morgan fingerprint density at radius 2 is 2.50 bits per heavy atom. The Morgan fingerprint density at radius 3 is 3.14 bits per heavy atom. The minimum atomic E-state index is 0.369. The molecule has 14 heavy (non-hydrogen) atoms. The van der Waals surface area contributed by atoms with Crippen molar-refractivity contribution in [3.05, 3.63) is 17.7 Å². The highest BCUT2D eigenvalue weighted by atomic mass is 15.2. The lowest BCUT2D eigenvalue weighted by atomic mass is 10.2. The van der Waals surface area contributed by atoms with Crippen molar-refractivity contribution < 1.29 is 0 Å². The van der Waals surface area contributed by atoms with Gasteiger partial charge in [-0.25, -0.2) is 4.98 Å². The number of nitrogens with one attached hydrogen (secondary N) is 2. The highest BCUT2D eigenvalue weighted by Crippen LogP contribution is 2.13. The van der Waals surface area contributed by atoms with Gasteiger partial charge < -0.3 is 15.2 Å². The first kappa shape index (κ1) is 9.68. The lowest BCUT2D eigenvalue weighted by molar-refractivity contribution is 0.236. The average Bonchev–Trinajstić information content (AvgIpc) is 2.66. The minimum Gasteiger partial charge on any atom is -0.345 e. The Labute approximate surface area is 84.7 Å². The van der Waals surface area contributed by atoms with Gasteiger partial charge in [0.25, 0.3) is 0 Å². The molecule has 2 heterocycles. The van der Waals surface area contributed by atoms with Gasteiger partial charge in [-0.15, -0.1) is 0 Å². The van der Waals surface area contributed by atoms with E-state index in [9.17, 15) is 0 Å². The molecule has 0 bridgehead atoms. The molecule has 4 heteroatoms. The second-order valence-electron chi connectivity index (χ2n) is 3.92. The molecule has 2 rings (SSSR count). The van der Waals surface area contributed by atoms with E-state index in [-0.39, 0.29) is 0 Å². The number of piperazine rings is 1. The maximum absolute atomic E-state index is 4.40. The molecule has 1 saturated heterocycles. The van der Waals surface area contributed by atoms with Gasteiger partial charge in [0.1, 0.15) is 5.82 Å². The fourth-order valence-electron chi connectivity index (χ4n) is 1.81. The predicted molar refractivity (Wildman–Crippen MR) is 56.2 cm³/mol. The van der Waals surface area contributed by atoms with Gasteiger partial charge in [0, 0.05) is 31.5 Å². The normalized spacial score (nSPS) is 24.0. The number of hydrogen-bond donors (Lipinski definition) is 2. The molecule has 1 atom stereocenters. The summed E-state index contributed by atoms with van der Waals surface area (Å²) in [5.41, 5.74) is 1.22. The second kappa shape index (κ2) is 4.11. The van der Waals surface area contributed by atoms with Crippen LogP contribution in [-0.4, -0.2) is 41.5 Å². The monoisotopic (exact) mass is 194 g/mol. The van der Waals surface area contributed by atoms with E-state index < -0.39 is 0 Å². The zero-order chi connectivity index (χ0) is 9.97. The third-order valence-corrected chi connectivity index (χ3v) is 2.74. The van der Waals surface area contributed by atoms with E-state index >= 15 is 0 Å². The molecule has 0 amide bonds. The van der Waals surface area contributed by atoms with Gasteiger partial charge in [0.15, 0.2) is 0 Å². The standard InChI is InChI=1S/C10H18N4/c1-3-8-6-12-10(13-8)9-7-14(2)5-4-11-9/h6,9,11H,3-5,7H2,1-2H3,(H,12,13). The molecule has 0 aliphatic carbocycles. The smallest absolute Gasteiger partial charge is 0.124 e. The van der Waals surface area contributed by atoms with E-state index in [0.717, 1.165) is 31.9 Å². The van der Waals surface area contributed by atoms with Crippen LogP contribution in [0.5, 0.6) is 0 Å². The van der Waals surface area contributed by atoms with Crippen molar-refractivity contribution in [3.63, 3.8) is 0 Å². The summed E-state index contributed by atoms with van der Waals surface area (Å²) in [7, 11) is 2.15. The predicted octanol–water partition coefficient (Wildman–Crippen LogP) is 0.548. The fraction of sp³-hybridized carbons (Fsp3) is 0.700. The number of imidazole rings is 1. The van der Waals surface area contributed by atoms with Crippen LogP contribution in [0.4, 0.5) is 0 Å². The Balaban J connectivity index is 2.06. The Hall–Kier alpha value is -0.870. The van der Waals surface area contributed by atoms with Crippen molar-refractivity contribution >= 4 is 0 Å². The highest BCUT2D eigenvalue weighted by molar-refractivity contribution is 5.06. The molecule has 1 aliphatic rings. The van der Waals surface area contributed by atoms with Gasteiger partial charge in [-0.2, -0.15) is 0 Å². The van der Waals surface area contributed by atoms with Crippen LogP contribution in [0.2, 0.25) is 0 Å². The fourth-order valence-corrected chi connectivity index (χ4v) is 1.81. The summed E-state index contributed by atoms with van der Waals surface area (Å²) in [6, 6.07) is 0.369. The largest absolute Gasteiger partial charge is 0.345 e. The number of aromatic nitrogens is 2. The van der Waals surface area contributed by atoms with Crippen LogP contribution < -0.4 is 5.32 Å². The van der Waals surface area contributed by atoms with Crippen LogP contribution in [0.25, 0.3) is 0 Å². The Bertz CT molecular complexity index is 294. The van der Waals surface area contributed by atoms with Crippen LogP contribution in [0.15, 0.2) is 6.20 Å². The molecular formula is C10H18N4. The summed E-state index contributed by atoms with van der Waals surface area (Å²) >= 11 is 0. The second-order valence-corrected chi connectivity index (χ2v) is 3.92. The number of hydrogen-bond acceptors (Lipinski definition) is 3. The first-order valence-electron chi connectivity index (χ1n) is 5.25. The van der Waals surface area contributed by atoms with Gasteiger partial charge >= 0.3 is 0 Å². The van der Waals surface area contributed by atoms with E-state index in [1.54, 1.807) is 0 Å². The molecule has 0 saturated carbocycles. The van der Waals surface area contributed by atoms with Crippen LogP contribution in [0, 0.1) is 0 Å². The topological polar surface area (TPSA) is 44.0 Å². The molecule has 1 aliphatic heterocycles. The van der Waals surface area contributed by atoms with Crippen molar-refractivity contribution in [1.29, 1.82) is 0 Å². The zero-order valence-corrected chi connectivity index (χ0v) is 8.88. The molecule has 1 fully saturated rings. The number of aromatic amines is 1. The number of H-pyrrole nitrogens is 1. The van der Waals surface area contributed by atoms with Crippen molar-refractivity contribution in [2.24, 2.45) is 0 Å². The third-order valence-electron chi connectivity index (χ3n) is 2.74. The summed E-state index contributed by atoms with van der Waals surface area (Å²) in [6.45, 7) is 5.34. The van der Waals surface area contributed by atoms with Crippen LogP contribution in [0.3, 0.4) is 0 Å². The van der Waals surface area contributed by atoms with Gasteiger partial charge in [-0.3, -0.25) is 0 Å². The van der Waals surface area contributed by atoms with Crippen LogP contribution in [0.1, 0.15) is 24.5 Å². The molecule has 1 aromatic rings. The Morgan fingerprint density at radius 1 is 1.64 bits per heavy atom. The highest BCUT2D eigenvalue weighted by Gasteiger charge is 2.20. The number of nitrogens with zero attached hydrogens (tertiary/aromatic N) is 2. The summed E-state index contributed by atoms with van der Waals surface area (Å²) in [5, 5.41) is 3.47. The molecule has 1 unspecified atom stereocenters. The summed E-state index contributed by atoms with van der Waals surface area (Å²) in [5.74, 6) is 1.08. The van der Waals surface area contributed by atoms with Crippen LogP contribution >= 0.6 is 0 Å². The Kier molecular flexibility index (Phi) is 2.84. The van der Waals surface area contributed by atoms with Gasteiger partial charge in [0.2, 0.25) is 0 Å². The zero-order valence-electron chi connectivity index (χ0n) is 8.88. The SMILES string of the molecule is CCc1cnc(C2CN(C)CCN2)[nH]1.